The molecule has 5 heteroatoms. The molecule has 19 heavy (non-hydrogen) atoms. The molecule has 0 atom stereocenters. The average molecular weight is 281 g/mol. The molecule has 1 aromatic rings. The van der Waals surface area contributed by atoms with Gasteiger partial charge in [0.05, 0.1) is 5.75 Å². The van der Waals surface area contributed by atoms with Crippen LogP contribution in [0.1, 0.15) is 19.4 Å². The van der Waals surface area contributed by atoms with E-state index in [0.717, 1.165) is 18.2 Å². The predicted octanol–water partition coefficient (Wildman–Crippen LogP) is 1.94. The number of carbonyl (C=O) groups is 2. The number of carbonyl (C=O) groups excluding carboxylic acids is 1. The summed E-state index contributed by atoms with van der Waals surface area (Å²) < 4.78 is -0.934. The molecule has 0 aliphatic rings. The number of hydrogen-bond donors (Lipinski definition) is 2. The first kappa shape index (κ1) is 15.6. The van der Waals surface area contributed by atoms with Crippen LogP contribution in [0.3, 0.4) is 0 Å². The third kappa shape index (κ3) is 5.79. The largest absolute Gasteiger partial charge is 0.480 e. The van der Waals surface area contributed by atoms with Crippen molar-refractivity contribution in [2.75, 3.05) is 12.3 Å². The Morgan fingerprint density at radius 1 is 1.26 bits per heavy atom. The van der Waals surface area contributed by atoms with Crippen molar-refractivity contribution < 1.29 is 14.7 Å². The van der Waals surface area contributed by atoms with Crippen LogP contribution in [0.25, 0.3) is 0 Å². The summed E-state index contributed by atoms with van der Waals surface area (Å²) in [5.74, 6) is -0.876. The molecule has 0 heterocycles. The molecule has 0 aliphatic carbocycles. The summed E-state index contributed by atoms with van der Waals surface area (Å²) in [4.78, 5) is 22.5. The molecule has 0 aliphatic heterocycles. The van der Waals surface area contributed by atoms with Crippen molar-refractivity contribution in [1.29, 1.82) is 0 Å². The van der Waals surface area contributed by atoms with E-state index in [1.807, 2.05) is 30.3 Å². The fraction of sp³-hybridized carbons (Fsp3) is 0.429. The first-order chi connectivity index (χ1) is 8.92. The van der Waals surface area contributed by atoms with Crippen LogP contribution in [0.2, 0.25) is 0 Å². The number of carboxylic acids is 1. The van der Waals surface area contributed by atoms with Gasteiger partial charge in [0.2, 0.25) is 5.91 Å². The molecule has 0 bridgehead atoms. The topological polar surface area (TPSA) is 66.4 Å². The van der Waals surface area contributed by atoms with Crippen molar-refractivity contribution in [2.45, 2.75) is 25.0 Å². The number of hydrogen-bond acceptors (Lipinski definition) is 3. The molecule has 1 rings (SSSR count). The third-order valence-corrected chi connectivity index (χ3v) is 3.96. The van der Waals surface area contributed by atoms with Crippen LogP contribution >= 0.6 is 11.8 Å². The van der Waals surface area contributed by atoms with E-state index >= 15 is 0 Å². The summed E-state index contributed by atoms with van der Waals surface area (Å²) in [7, 11) is 0. The van der Waals surface area contributed by atoms with E-state index in [1.54, 1.807) is 13.8 Å². The smallest absolute Gasteiger partial charge is 0.319 e. The van der Waals surface area contributed by atoms with Gasteiger partial charge < -0.3 is 10.4 Å². The number of aliphatic carboxylic acids is 1. The molecule has 0 fully saturated rings. The van der Waals surface area contributed by atoms with Crippen LogP contribution in [0, 0.1) is 0 Å². The Morgan fingerprint density at radius 2 is 1.89 bits per heavy atom. The van der Waals surface area contributed by atoms with E-state index in [0.29, 0.717) is 6.54 Å². The standard InChI is InChI=1S/C14H19NO3S/c1-14(2,13(17)18)19-10-12(16)15-9-8-11-6-4-3-5-7-11/h3-7H,8-10H2,1-2H3,(H,15,16)(H,17,18). The first-order valence-electron chi connectivity index (χ1n) is 6.10. The number of carboxylic acid groups (broad SMARTS) is 1. The van der Waals surface area contributed by atoms with Crippen molar-refractivity contribution >= 4 is 23.6 Å². The molecule has 0 aromatic heterocycles. The zero-order valence-corrected chi connectivity index (χ0v) is 12.0. The van der Waals surface area contributed by atoms with E-state index in [1.165, 1.54) is 5.56 Å². The van der Waals surface area contributed by atoms with Crippen molar-refractivity contribution in [3.63, 3.8) is 0 Å². The lowest BCUT2D eigenvalue weighted by Gasteiger charge is -2.17. The highest BCUT2D eigenvalue weighted by Gasteiger charge is 2.28. The third-order valence-electron chi connectivity index (χ3n) is 2.66. The van der Waals surface area contributed by atoms with E-state index in [2.05, 4.69) is 5.32 Å². The summed E-state index contributed by atoms with van der Waals surface area (Å²) in [5.41, 5.74) is 1.17. The molecule has 0 spiro atoms. The van der Waals surface area contributed by atoms with Gasteiger partial charge in [0.15, 0.2) is 0 Å². The van der Waals surface area contributed by atoms with Crippen LogP contribution in [0.4, 0.5) is 0 Å². The van der Waals surface area contributed by atoms with Crippen LogP contribution in [-0.4, -0.2) is 34.0 Å². The van der Waals surface area contributed by atoms with Crippen molar-refractivity contribution in [1.82, 2.24) is 5.32 Å². The summed E-state index contributed by atoms with van der Waals surface area (Å²) in [6.45, 7) is 3.76. The SMILES string of the molecule is CC(C)(SCC(=O)NCCc1ccccc1)C(=O)O. The highest BCUT2D eigenvalue weighted by atomic mass is 32.2. The van der Waals surface area contributed by atoms with Crippen molar-refractivity contribution in [3.8, 4) is 0 Å². The summed E-state index contributed by atoms with van der Waals surface area (Å²) in [5, 5.41) is 11.7. The molecule has 0 radical (unpaired) electrons. The molecule has 0 unspecified atom stereocenters. The second-order valence-electron chi connectivity index (χ2n) is 4.69. The van der Waals surface area contributed by atoms with Gasteiger partial charge in [0.25, 0.3) is 0 Å². The second-order valence-corrected chi connectivity index (χ2v) is 6.29. The lowest BCUT2D eigenvalue weighted by atomic mass is 10.1. The van der Waals surface area contributed by atoms with Gasteiger partial charge in [-0.1, -0.05) is 30.3 Å². The summed E-state index contributed by atoms with van der Waals surface area (Å²) in [6.07, 6.45) is 0.777. The first-order valence-corrected chi connectivity index (χ1v) is 7.08. The Bertz CT molecular complexity index is 432. The molecule has 1 aromatic carbocycles. The van der Waals surface area contributed by atoms with E-state index in [-0.39, 0.29) is 11.7 Å². The monoisotopic (exact) mass is 281 g/mol. The number of benzene rings is 1. The molecule has 0 saturated carbocycles. The zero-order valence-electron chi connectivity index (χ0n) is 11.2. The van der Waals surface area contributed by atoms with Gasteiger partial charge in [-0.15, -0.1) is 11.8 Å². The lowest BCUT2D eigenvalue weighted by molar-refractivity contribution is -0.138. The van der Waals surface area contributed by atoms with Gasteiger partial charge in [-0.2, -0.15) is 0 Å². The summed E-state index contributed by atoms with van der Waals surface area (Å²) >= 11 is 1.13. The number of nitrogens with one attached hydrogen (secondary N) is 1. The quantitative estimate of drug-likeness (QED) is 0.801. The van der Waals surface area contributed by atoms with Gasteiger partial charge in [-0.3, -0.25) is 9.59 Å². The highest BCUT2D eigenvalue weighted by Crippen LogP contribution is 2.23. The maximum Gasteiger partial charge on any atom is 0.319 e. The second kappa shape index (κ2) is 7.19. The minimum Gasteiger partial charge on any atom is -0.480 e. The van der Waals surface area contributed by atoms with Crippen LogP contribution in [0.5, 0.6) is 0 Å². The normalized spacial score (nSPS) is 11.1. The number of amides is 1. The van der Waals surface area contributed by atoms with Gasteiger partial charge in [0, 0.05) is 6.54 Å². The van der Waals surface area contributed by atoms with Gasteiger partial charge in [0.1, 0.15) is 4.75 Å². The Hall–Kier alpha value is -1.49. The Labute approximate surface area is 117 Å². The van der Waals surface area contributed by atoms with Crippen molar-refractivity contribution in [2.24, 2.45) is 0 Å². The molecule has 4 nitrogen and oxygen atoms in total. The van der Waals surface area contributed by atoms with Gasteiger partial charge >= 0.3 is 5.97 Å². The molecular formula is C14H19NO3S. The summed E-state index contributed by atoms with van der Waals surface area (Å²) in [6, 6.07) is 9.89. The minimum absolute atomic E-state index is 0.129. The molecule has 2 N–H and O–H groups in total. The maximum absolute atomic E-state index is 11.6. The molecule has 1 amide bonds. The fourth-order valence-corrected chi connectivity index (χ4v) is 2.07. The Kier molecular flexibility index (Phi) is 5.89. The highest BCUT2D eigenvalue weighted by molar-refractivity contribution is 8.01. The molecular weight excluding hydrogens is 262 g/mol. The Morgan fingerprint density at radius 3 is 2.47 bits per heavy atom. The average Bonchev–Trinajstić information content (AvgIpc) is 2.37. The molecule has 104 valence electrons. The van der Waals surface area contributed by atoms with E-state index in [9.17, 15) is 9.59 Å². The number of thioether (sulfide) groups is 1. The molecule has 0 saturated heterocycles. The zero-order chi connectivity index (χ0) is 14.3. The van der Waals surface area contributed by atoms with Gasteiger partial charge in [-0.25, -0.2) is 0 Å². The van der Waals surface area contributed by atoms with Crippen molar-refractivity contribution in [3.05, 3.63) is 35.9 Å². The van der Waals surface area contributed by atoms with Gasteiger partial charge in [-0.05, 0) is 25.8 Å². The number of rotatable bonds is 7. The Balaban J connectivity index is 2.24. The van der Waals surface area contributed by atoms with Crippen LogP contribution < -0.4 is 5.32 Å². The van der Waals surface area contributed by atoms with E-state index < -0.39 is 10.7 Å². The maximum atomic E-state index is 11.6. The minimum atomic E-state index is -0.934. The predicted molar refractivity (Wildman–Crippen MR) is 77.3 cm³/mol. The van der Waals surface area contributed by atoms with Crippen LogP contribution in [0.15, 0.2) is 30.3 Å². The van der Waals surface area contributed by atoms with E-state index in [4.69, 9.17) is 5.11 Å². The van der Waals surface area contributed by atoms with Crippen LogP contribution in [-0.2, 0) is 16.0 Å². The fourth-order valence-electron chi connectivity index (χ4n) is 1.35. The lowest BCUT2D eigenvalue weighted by Crippen LogP contribution is -2.32.